The van der Waals surface area contributed by atoms with Crippen molar-refractivity contribution in [1.29, 1.82) is 0 Å². The number of aliphatic hydroxyl groups is 6. The predicted octanol–water partition coefficient (Wildman–Crippen LogP) is -4.60. The van der Waals surface area contributed by atoms with Gasteiger partial charge in [-0.3, -0.25) is 4.79 Å². The Balaban J connectivity index is 2.24. The van der Waals surface area contributed by atoms with Crippen LogP contribution in [0.25, 0.3) is 0 Å². The lowest BCUT2D eigenvalue weighted by Gasteiger charge is -2.47. The van der Waals surface area contributed by atoms with Crippen LogP contribution in [0.3, 0.4) is 0 Å². The molecule has 0 spiro atoms. The zero-order chi connectivity index (χ0) is 20.3. The fraction of sp³-hybridized carbons (Fsp3) is 0.933. The molecule has 0 aromatic carbocycles. The van der Waals surface area contributed by atoms with Gasteiger partial charge in [-0.15, -0.1) is 0 Å². The van der Waals surface area contributed by atoms with Crippen molar-refractivity contribution in [3.8, 4) is 0 Å². The zero-order valence-corrected chi connectivity index (χ0v) is 14.9. The molecule has 2 rings (SSSR count). The first kappa shape index (κ1) is 22.4. The highest BCUT2D eigenvalue weighted by Crippen LogP contribution is 2.29. The van der Waals surface area contributed by atoms with Gasteiger partial charge in [0.25, 0.3) is 0 Å². The summed E-state index contributed by atoms with van der Waals surface area (Å²) in [4.78, 5) is 11.4. The molecule has 10 atom stereocenters. The van der Waals surface area contributed by atoms with Gasteiger partial charge in [0.1, 0.15) is 48.8 Å². The van der Waals surface area contributed by atoms with Crippen molar-refractivity contribution in [2.45, 2.75) is 68.3 Å². The second-order valence-corrected chi connectivity index (χ2v) is 6.47. The molecule has 2 fully saturated rings. The number of rotatable bonds is 6. The first-order chi connectivity index (χ1) is 12.7. The molecule has 7 N–H and O–H groups in total. The maximum absolute atomic E-state index is 11.4. The number of amides is 1. The summed E-state index contributed by atoms with van der Waals surface area (Å²) in [7, 11) is 1.24. The van der Waals surface area contributed by atoms with Crippen molar-refractivity contribution in [3.63, 3.8) is 0 Å². The fourth-order valence-corrected chi connectivity index (χ4v) is 3.23. The van der Waals surface area contributed by atoms with Gasteiger partial charge in [-0.05, 0) is 0 Å². The number of aliphatic hydroxyl groups excluding tert-OH is 6. The topological polar surface area (TPSA) is 187 Å². The second-order valence-electron chi connectivity index (χ2n) is 6.47. The molecule has 2 saturated heterocycles. The highest BCUT2D eigenvalue weighted by Gasteiger charge is 2.51. The number of nitrogens with one attached hydrogen (secondary N) is 1. The molecule has 0 aliphatic carbocycles. The average Bonchev–Trinajstić information content (AvgIpc) is 2.62. The lowest BCUT2D eigenvalue weighted by atomic mass is 9.95. The van der Waals surface area contributed by atoms with E-state index in [2.05, 4.69) is 5.32 Å². The summed E-state index contributed by atoms with van der Waals surface area (Å²) in [5.41, 5.74) is 0. The van der Waals surface area contributed by atoms with E-state index < -0.39 is 80.5 Å². The highest BCUT2D eigenvalue weighted by molar-refractivity contribution is 5.73. The monoisotopic (exact) mass is 397 g/mol. The van der Waals surface area contributed by atoms with E-state index in [-0.39, 0.29) is 0 Å². The van der Waals surface area contributed by atoms with Gasteiger partial charge < -0.3 is 54.9 Å². The molecule has 1 unspecified atom stereocenters. The third-order valence-corrected chi connectivity index (χ3v) is 4.63. The number of hydrogen-bond donors (Lipinski definition) is 7. The fourth-order valence-electron chi connectivity index (χ4n) is 3.23. The first-order valence-electron chi connectivity index (χ1n) is 8.45. The van der Waals surface area contributed by atoms with Crippen LogP contribution in [0.5, 0.6) is 0 Å². The van der Waals surface area contributed by atoms with Crippen molar-refractivity contribution < 1.29 is 54.4 Å². The summed E-state index contributed by atoms with van der Waals surface area (Å²) in [5, 5.41) is 61.9. The van der Waals surface area contributed by atoms with Crippen LogP contribution in [-0.2, 0) is 23.7 Å². The smallest absolute Gasteiger partial charge is 0.217 e. The number of methoxy groups -OCH3 is 1. The summed E-state index contributed by atoms with van der Waals surface area (Å²) in [6.45, 7) is -0.0576. The molecule has 2 aliphatic heterocycles. The molecule has 0 aromatic heterocycles. The number of hydrogen-bond acceptors (Lipinski definition) is 11. The van der Waals surface area contributed by atoms with Crippen LogP contribution in [-0.4, -0.2) is 118 Å². The summed E-state index contributed by atoms with van der Waals surface area (Å²) < 4.78 is 21.0. The van der Waals surface area contributed by atoms with Gasteiger partial charge in [0.2, 0.25) is 5.91 Å². The normalized spacial score (nSPS) is 45.5. The van der Waals surface area contributed by atoms with Gasteiger partial charge in [-0.25, -0.2) is 0 Å². The van der Waals surface area contributed by atoms with Crippen molar-refractivity contribution in [3.05, 3.63) is 0 Å². The molecule has 0 bridgehead atoms. The third-order valence-electron chi connectivity index (χ3n) is 4.63. The molecule has 1 amide bonds. The van der Waals surface area contributed by atoms with Gasteiger partial charge in [-0.2, -0.15) is 0 Å². The Bertz CT molecular complexity index is 494. The molecule has 12 nitrogen and oxygen atoms in total. The van der Waals surface area contributed by atoms with E-state index in [0.717, 1.165) is 0 Å². The van der Waals surface area contributed by atoms with Crippen LogP contribution in [0.2, 0.25) is 0 Å². The number of ether oxygens (including phenoxy) is 4. The van der Waals surface area contributed by atoms with E-state index in [4.69, 9.17) is 18.9 Å². The lowest BCUT2D eigenvalue weighted by Crippen LogP contribution is -2.67. The van der Waals surface area contributed by atoms with Crippen LogP contribution >= 0.6 is 0 Å². The second kappa shape index (κ2) is 9.52. The molecule has 0 radical (unpaired) electrons. The maximum atomic E-state index is 11.4. The van der Waals surface area contributed by atoms with Gasteiger partial charge in [0.15, 0.2) is 12.6 Å². The minimum Gasteiger partial charge on any atom is -0.394 e. The largest absolute Gasteiger partial charge is 0.394 e. The highest BCUT2D eigenvalue weighted by atomic mass is 16.7. The van der Waals surface area contributed by atoms with Crippen LogP contribution in [0.15, 0.2) is 0 Å². The van der Waals surface area contributed by atoms with E-state index in [0.29, 0.717) is 0 Å². The summed E-state index contributed by atoms with van der Waals surface area (Å²) in [5.74, 6) is -0.547. The molecule has 158 valence electrons. The van der Waals surface area contributed by atoms with Crippen molar-refractivity contribution in [2.24, 2.45) is 0 Å². The molecular weight excluding hydrogens is 370 g/mol. The summed E-state index contributed by atoms with van der Waals surface area (Å²) in [6, 6.07) is -1.24. The minimum absolute atomic E-state index is 0.547. The Hall–Kier alpha value is -0.930. The van der Waals surface area contributed by atoms with E-state index in [1.807, 2.05) is 0 Å². The van der Waals surface area contributed by atoms with Crippen LogP contribution in [0, 0.1) is 0 Å². The van der Waals surface area contributed by atoms with Gasteiger partial charge in [0.05, 0.1) is 13.2 Å². The molecule has 0 saturated carbocycles. The molecule has 12 heteroatoms. The molecular formula is C15H27NO11. The van der Waals surface area contributed by atoms with Crippen molar-refractivity contribution >= 4 is 5.91 Å². The van der Waals surface area contributed by atoms with E-state index in [1.54, 1.807) is 0 Å². The molecule has 2 heterocycles. The average molecular weight is 397 g/mol. The predicted molar refractivity (Wildman–Crippen MR) is 85.0 cm³/mol. The standard InChI is InChI=1S/C15H27NO11/c1-5(19)16-8-12(9(20)6(3-17)25-14(8)23)27-15-11(22)13(24-2)10(21)7(4-18)26-15/h6-15,17-18,20-23H,3-4H2,1-2H3,(H,16,19)/t6-,7-,8-,9+,10+,11-,12-,13+,14?,15+/m1/s1. The van der Waals surface area contributed by atoms with Gasteiger partial charge >= 0.3 is 0 Å². The summed E-state index contributed by atoms with van der Waals surface area (Å²) in [6.07, 6.45) is -12.3. The van der Waals surface area contributed by atoms with Gasteiger partial charge in [-0.1, -0.05) is 0 Å². The van der Waals surface area contributed by atoms with E-state index in [1.165, 1.54) is 14.0 Å². The third kappa shape index (κ3) is 4.74. The quantitative estimate of drug-likeness (QED) is 0.228. The zero-order valence-electron chi connectivity index (χ0n) is 14.9. The lowest BCUT2D eigenvalue weighted by molar-refractivity contribution is -0.343. The van der Waals surface area contributed by atoms with Crippen LogP contribution in [0.1, 0.15) is 6.92 Å². The molecule has 2 aliphatic rings. The van der Waals surface area contributed by atoms with Crippen molar-refractivity contribution in [2.75, 3.05) is 20.3 Å². The maximum Gasteiger partial charge on any atom is 0.217 e. The Morgan fingerprint density at radius 3 is 2.04 bits per heavy atom. The molecule has 27 heavy (non-hydrogen) atoms. The minimum atomic E-state index is -1.61. The number of carbonyl (C=O) groups is 1. The summed E-state index contributed by atoms with van der Waals surface area (Å²) >= 11 is 0. The molecule has 0 aromatic rings. The van der Waals surface area contributed by atoms with Crippen LogP contribution in [0.4, 0.5) is 0 Å². The Morgan fingerprint density at radius 1 is 0.963 bits per heavy atom. The van der Waals surface area contributed by atoms with Crippen molar-refractivity contribution in [1.82, 2.24) is 5.32 Å². The van der Waals surface area contributed by atoms with Gasteiger partial charge in [0, 0.05) is 14.0 Å². The number of carbonyl (C=O) groups excluding carboxylic acids is 1. The van der Waals surface area contributed by atoms with E-state index in [9.17, 15) is 35.4 Å². The Morgan fingerprint density at radius 2 is 1.52 bits per heavy atom. The van der Waals surface area contributed by atoms with E-state index >= 15 is 0 Å². The van der Waals surface area contributed by atoms with Crippen LogP contribution < -0.4 is 5.32 Å². The Labute approximate surface area is 155 Å². The Kier molecular flexibility index (Phi) is 7.88. The first-order valence-corrected chi connectivity index (χ1v) is 8.45. The SMILES string of the molecule is CO[C@H]1[C@@H](O)[C@@H](CO)O[C@@H](O[C@H]2[C@@H](O)[C@@H](CO)OC(O)[C@@H]2NC(C)=O)[C@@H]1O.